The van der Waals surface area contributed by atoms with Crippen LogP contribution in [0.25, 0.3) is 0 Å². The molecule has 0 amide bonds. The number of rotatable bonds is 1. The first-order valence-electron chi connectivity index (χ1n) is 5.49. The third kappa shape index (κ3) is 1.83. The van der Waals surface area contributed by atoms with E-state index in [-0.39, 0.29) is 5.97 Å². The summed E-state index contributed by atoms with van der Waals surface area (Å²) in [6.45, 7) is 5.09. The standard InChI is InChI=1S/C13H15ClO3/c1-7(15)17-12-8-5-4-6-9(14)10(8)11(16)13(12,2)3/h4-6,11-12,16H,1-3H3. The Labute approximate surface area is 105 Å². The number of fused-ring (bicyclic) bond motifs is 1. The lowest BCUT2D eigenvalue weighted by Gasteiger charge is -2.29. The monoisotopic (exact) mass is 254 g/mol. The van der Waals surface area contributed by atoms with Crippen molar-refractivity contribution in [3.05, 3.63) is 34.3 Å². The number of hydrogen-bond donors (Lipinski definition) is 1. The van der Waals surface area contributed by atoms with Crippen LogP contribution >= 0.6 is 11.6 Å². The van der Waals surface area contributed by atoms with E-state index < -0.39 is 17.6 Å². The van der Waals surface area contributed by atoms with Gasteiger partial charge >= 0.3 is 5.97 Å². The van der Waals surface area contributed by atoms with Crippen LogP contribution in [0.5, 0.6) is 0 Å². The molecule has 2 rings (SSSR count). The smallest absolute Gasteiger partial charge is 0.303 e. The maximum atomic E-state index is 11.2. The number of aliphatic hydroxyl groups excluding tert-OH is 1. The summed E-state index contributed by atoms with van der Waals surface area (Å²) in [6, 6.07) is 5.37. The highest BCUT2D eigenvalue weighted by Gasteiger charge is 2.49. The van der Waals surface area contributed by atoms with Gasteiger partial charge in [0.15, 0.2) is 0 Å². The number of esters is 1. The van der Waals surface area contributed by atoms with E-state index in [2.05, 4.69) is 0 Å². The van der Waals surface area contributed by atoms with Crippen LogP contribution in [0.15, 0.2) is 18.2 Å². The quantitative estimate of drug-likeness (QED) is 0.784. The molecule has 1 aromatic carbocycles. The van der Waals surface area contributed by atoms with Gasteiger partial charge in [0.05, 0.1) is 6.10 Å². The van der Waals surface area contributed by atoms with Gasteiger partial charge in [-0.05, 0) is 6.07 Å². The van der Waals surface area contributed by atoms with Gasteiger partial charge in [0.2, 0.25) is 0 Å². The number of hydrogen-bond acceptors (Lipinski definition) is 3. The van der Waals surface area contributed by atoms with Crippen LogP contribution in [0.1, 0.15) is 44.1 Å². The van der Waals surface area contributed by atoms with Crippen molar-refractivity contribution in [2.24, 2.45) is 5.41 Å². The molecule has 0 aliphatic heterocycles. The van der Waals surface area contributed by atoms with E-state index in [9.17, 15) is 9.90 Å². The maximum Gasteiger partial charge on any atom is 0.303 e. The fourth-order valence-corrected chi connectivity index (χ4v) is 2.65. The molecular formula is C13H15ClO3. The van der Waals surface area contributed by atoms with Gasteiger partial charge in [-0.1, -0.05) is 37.6 Å². The van der Waals surface area contributed by atoms with E-state index in [1.165, 1.54) is 6.92 Å². The van der Waals surface area contributed by atoms with E-state index in [0.29, 0.717) is 10.6 Å². The second-order valence-corrected chi connectivity index (χ2v) is 5.36. The molecular weight excluding hydrogens is 240 g/mol. The van der Waals surface area contributed by atoms with E-state index in [1.54, 1.807) is 12.1 Å². The summed E-state index contributed by atoms with van der Waals surface area (Å²) >= 11 is 6.09. The molecule has 0 aromatic heterocycles. The Morgan fingerprint density at radius 2 is 2.12 bits per heavy atom. The summed E-state index contributed by atoms with van der Waals surface area (Å²) in [5.41, 5.74) is 0.898. The summed E-state index contributed by atoms with van der Waals surface area (Å²) in [7, 11) is 0. The van der Waals surface area contributed by atoms with Crippen molar-refractivity contribution in [2.75, 3.05) is 0 Å². The lowest BCUT2D eigenvalue weighted by atomic mass is 9.85. The molecule has 0 fully saturated rings. The van der Waals surface area contributed by atoms with Crippen molar-refractivity contribution in [2.45, 2.75) is 33.0 Å². The Morgan fingerprint density at radius 3 is 2.71 bits per heavy atom. The lowest BCUT2D eigenvalue weighted by Crippen LogP contribution is -2.25. The Kier molecular flexibility index (Phi) is 2.92. The van der Waals surface area contributed by atoms with Gasteiger partial charge in [-0.25, -0.2) is 0 Å². The summed E-state index contributed by atoms with van der Waals surface area (Å²) in [6.07, 6.45) is -1.18. The molecule has 0 saturated heterocycles. The molecule has 4 heteroatoms. The first-order valence-corrected chi connectivity index (χ1v) is 5.87. The van der Waals surface area contributed by atoms with Crippen LogP contribution in [-0.2, 0) is 9.53 Å². The van der Waals surface area contributed by atoms with Crippen molar-refractivity contribution in [1.29, 1.82) is 0 Å². The van der Waals surface area contributed by atoms with Crippen molar-refractivity contribution in [3.8, 4) is 0 Å². The Bertz CT molecular complexity index is 468. The van der Waals surface area contributed by atoms with Crippen molar-refractivity contribution < 1.29 is 14.6 Å². The summed E-state index contributed by atoms with van der Waals surface area (Å²) in [4.78, 5) is 11.2. The zero-order valence-electron chi connectivity index (χ0n) is 10.0. The molecule has 3 nitrogen and oxygen atoms in total. The second kappa shape index (κ2) is 4.00. The van der Waals surface area contributed by atoms with Gasteiger partial charge in [-0.3, -0.25) is 4.79 Å². The van der Waals surface area contributed by atoms with Crippen molar-refractivity contribution >= 4 is 17.6 Å². The van der Waals surface area contributed by atoms with Crippen LogP contribution in [0.3, 0.4) is 0 Å². The second-order valence-electron chi connectivity index (χ2n) is 4.96. The molecule has 0 heterocycles. The largest absolute Gasteiger partial charge is 0.457 e. The zero-order chi connectivity index (χ0) is 12.8. The van der Waals surface area contributed by atoms with Crippen LogP contribution in [0.4, 0.5) is 0 Å². The van der Waals surface area contributed by atoms with Crippen molar-refractivity contribution in [3.63, 3.8) is 0 Å². The topological polar surface area (TPSA) is 46.5 Å². The van der Waals surface area contributed by atoms with Gasteiger partial charge in [-0.15, -0.1) is 0 Å². The molecule has 0 spiro atoms. The van der Waals surface area contributed by atoms with E-state index in [1.807, 2.05) is 19.9 Å². The Hall–Kier alpha value is -1.06. The summed E-state index contributed by atoms with van der Waals surface area (Å²) in [5, 5.41) is 10.8. The zero-order valence-corrected chi connectivity index (χ0v) is 10.8. The number of carbonyl (C=O) groups is 1. The number of aliphatic hydroxyl groups is 1. The Balaban J connectivity index is 2.55. The minimum atomic E-state index is -0.726. The highest BCUT2D eigenvalue weighted by molar-refractivity contribution is 6.31. The number of ether oxygens (including phenoxy) is 1. The molecule has 1 N–H and O–H groups in total. The molecule has 2 unspecified atom stereocenters. The van der Waals surface area contributed by atoms with Crippen LogP contribution < -0.4 is 0 Å². The summed E-state index contributed by atoms with van der Waals surface area (Å²) < 4.78 is 5.32. The molecule has 0 bridgehead atoms. The molecule has 1 aromatic rings. The number of benzene rings is 1. The third-order valence-electron chi connectivity index (χ3n) is 3.31. The third-order valence-corrected chi connectivity index (χ3v) is 3.64. The highest BCUT2D eigenvalue weighted by atomic mass is 35.5. The van der Waals surface area contributed by atoms with Gasteiger partial charge < -0.3 is 9.84 Å². The fraction of sp³-hybridized carbons (Fsp3) is 0.462. The fourth-order valence-electron chi connectivity index (χ4n) is 2.37. The summed E-state index contributed by atoms with van der Waals surface area (Å²) in [5.74, 6) is -0.358. The molecule has 17 heavy (non-hydrogen) atoms. The average Bonchev–Trinajstić information content (AvgIpc) is 2.41. The van der Waals surface area contributed by atoms with Crippen LogP contribution in [0, 0.1) is 5.41 Å². The first kappa shape index (κ1) is 12.4. The highest BCUT2D eigenvalue weighted by Crippen LogP contribution is 2.55. The molecule has 0 saturated carbocycles. The first-order chi connectivity index (χ1) is 7.85. The van der Waals surface area contributed by atoms with E-state index >= 15 is 0 Å². The van der Waals surface area contributed by atoms with E-state index in [4.69, 9.17) is 16.3 Å². The molecule has 1 aliphatic carbocycles. The maximum absolute atomic E-state index is 11.2. The minimum Gasteiger partial charge on any atom is -0.457 e. The van der Waals surface area contributed by atoms with Gasteiger partial charge in [0, 0.05) is 28.5 Å². The molecule has 92 valence electrons. The van der Waals surface area contributed by atoms with E-state index in [0.717, 1.165) is 5.56 Å². The van der Waals surface area contributed by atoms with Crippen molar-refractivity contribution in [1.82, 2.24) is 0 Å². The molecule has 0 radical (unpaired) electrons. The SMILES string of the molecule is CC(=O)OC1c2cccc(Cl)c2C(O)C1(C)C. The minimum absolute atomic E-state index is 0.358. The molecule has 2 atom stereocenters. The normalized spacial score (nSPS) is 25.5. The Morgan fingerprint density at radius 1 is 1.47 bits per heavy atom. The van der Waals surface area contributed by atoms with Gasteiger partial charge in [-0.2, -0.15) is 0 Å². The predicted molar refractivity (Wildman–Crippen MR) is 64.7 cm³/mol. The predicted octanol–water partition coefficient (Wildman–Crippen LogP) is 3.02. The van der Waals surface area contributed by atoms with Gasteiger partial charge in [0.1, 0.15) is 6.10 Å². The van der Waals surface area contributed by atoms with Crippen LogP contribution in [0.2, 0.25) is 5.02 Å². The van der Waals surface area contributed by atoms with Crippen LogP contribution in [-0.4, -0.2) is 11.1 Å². The lowest BCUT2D eigenvalue weighted by molar-refractivity contribution is -0.156. The number of halogens is 1. The average molecular weight is 255 g/mol. The molecule has 1 aliphatic rings. The number of carbonyl (C=O) groups excluding carboxylic acids is 1. The van der Waals surface area contributed by atoms with Gasteiger partial charge in [0.25, 0.3) is 0 Å².